The molecule has 0 saturated heterocycles. The van der Waals surface area contributed by atoms with Crippen molar-refractivity contribution in [3.05, 3.63) is 24.1 Å². The highest BCUT2D eigenvalue weighted by Crippen LogP contribution is 2.30. The van der Waals surface area contributed by atoms with E-state index in [0.29, 0.717) is 23.6 Å². The molecule has 6 heteroatoms. The number of rotatable bonds is 4. The van der Waals surface area contributed by atoms with E-state index in [4.69, 9.17) is 21.4 Å². The maximum absolute atomic E-state index is 9.51. The van der Waals surface area contributed by atoms with Gasteiger partial charge in [-0.15, -0.1) is 12.3 Å². The fraction of sp³-hybridized carbons (Fsp3) is 0.231. The molecule has 3 N–H and O–H groups in total. The minimum Gasteiger partial charge on any atom is -0.504 e. The Morgan fingerprint density at radius 2 is 2.37 bits per heavy atom. The minimum atomic E-state index is -0.481. The maximum atomic E-state index is 9.51. The van der Waals surface area contributed by atoms with Crippen LogP contribution in [0.25, 0.3) is 11.4 Å². The number of aromatic nitrogens is 2. The first-order valence-electron chi connectivity index (χ1n) is 5.55. The quantitative estimate of drug-likeness (QED) is 0.807. The molecule has 0 bridgehead atoms. The zero-order valence-electron chi connectivity index (χ0n) is 10.3. The van der Waals surface area contributed by atoms with Crippen LogP contribution in [0.2, 0.25) is 0 Å². The molecule has 1 atom stereocenters. The molecular formula is C13H13N3O3. The van der Waals surface area contributed by atoms with Gasteiger partial charge >= 0.3 is 0 Å². The molecule has 0 radical (unpaired) electrons. The van der Waals surface area contributed by atoms with Gasteiger partial charge in [-0.25, -0.2) is 0 Å². The van der Waals surface area contributed by atoms with Crippen LogP contribution >= 0.6 is 0 Å². The number of aromatic hydroxyl groups is 1. The van der Waals surface area contributed by atoms with E-state index >= 15 is 0 Å². The Labute approximate surface area is 110 Å². The molecule has 0 aliphatic rings. The summed E-state index contributed by atoms with van der Waals surface area (Å²) in [4.78, 5) is 4.17. The third kappa shape index (κ3) is 2.67. The van der Waals surface area contributed by atoms with Gasteiger partial charge in [0, 0.05) is 12.0 Å². The van der Waals surface area contributed by atoms with Crippen molar-refractivity contribution in [1.82, 2.24) is 10.1 Å². The largest absolute Gasteiger partial charge is 0.504 e. The second kappa shape index (κ2) is 5.42. The van der Waals surface area contributed by atoms with Gasteiger partial charge in [0.25, 0.3) is 0 Å². The van der Waals surface area contributed by atoms with Crippen molar-refractivity contribution in [2.45, 2.75) is 12.5 Å². The molecule has 0 saturated carbocycles. The Morgan fingerprint density at radius 1 is 1.58 bits per heavy atom. The monoisotopic (exact) mass is 259 g/mol. The molecule has 1 unspecified atom stereocenters. The van der Waals surface area contributed by atoms with E-state index < -0.39 is 6.04 Å². The fourth-order valence-corrected chi connectivity index (χ4v) is 1.53. The number of hydrogen-bond donors (Lipinski definition) is 2. The first kappa shape index (κ1) is 12.9. The SMILES string of the molecule is C#CCC(N)c1nc(-c2ccc(O)c(OC)c2)no1. The number of ether oxygens (including phenoxy) is 1. The number of methoxy groups -OCH3 is 1. The van der Waals surface area contributed by atoms with E-state index in [1.807, 2.05) is 0 Å². The lowest BCUT2D eigenvalue weighted by molar-refractivity contribution is 0.356. The van der Waals surface area contributed by atoms with E-state index in [1.54, 1.807) is 12.1 Å². The van der Waals surface area contributed by atoms with E-state index in [-0.39, 0.29) is 11.6 Å². The Morgan fingerprint density at radius 3 is 3.05 bits per heavy atom. The second-order valence-corrected chi connectivity index (χ2v) is 3.86. The highest BCUT2D eigenvalue weighted by Gasteiger charge is 2.15. The average Bonchev–Trinajstić information content (AvgIpc) is 2.89. The number of nitrogens with two attached hydrogens (primary N) is 1. The lowest BCUT2D eigenvalue weighted by Gasteiger charge is -2.03. The number of phenolic OH excluding ortho intramolecular Hbond substituents is 1. The van der Waals surface area contributed by atoms with Gasteiger partial charge in [-0.05, 0) is 18.2 Å². The van der Waals surface area contributed by atoms with Gasteiger partial charge < -0.3 is 20.1 Å². The van der Waals surface area contributed by atoms with Crippen molar-refractivity contribution in [2.24, 2.45) is 5.73 Å². The van der Waals surface area contributed by atoms with Crippen LogP contribution in [0.15, 0.2) is 22.7 Å². The van der Waals surface area contributed by atoms with E-state index in [0.717, 1.165) is 0 Å². The molecule has 1 aromatic heterocycles. The molecule has 0 amide bonds. The molecule has 0 aliphatic carbocycles. The van der Waals surface area contributed by atoms with Crippen LogP contribution in [0.1, 0.15) is 18.4 Å². The highest BCUT2D eigenvalue weighted by atomic mass is 16.5. The van der Waals surface area contributed by atoms with Crippen LogP contribution in [0.4, 0.5) is 0 Å². The highest BCUT2D eigenvalue weighted by molar-refractivity contribution is 5.60. The fourth-order valence-electron chi connectivity index (χ4n) is 1.53. The minimum absolute atomic E-state index is 0.0407. The van der Waals surface area contributed by atoms with Gasteiger partial charge in [0.2, 0.25) is 11.7 Å². The summed E-state index contributed by atoms with van der Waals surface area (Å²) in [6.07, 6.45) is 5.50. The summed E-state index contributed by atoms with van der Waals surface area (Å²) in [5.74, 6) is 3.45. The summed E-state index contributed by atoms with van der Waals surface area (Å²) in [6.45, 7) is 0. The summed E-state index contributed by atoms with van der Waals surface area (Å²) < 4.78 is 10.1. The summed E-state index contributed by atoms with van der Waals surface area (Å²) in [7, 11) is 1.46. The maximum Gasteiger partial charge on any atom is 0.244 e. The molecule has 19 heavy (non-hydrogen) atoms. The lowest BCUT2D eigenvalue weighted by Crippen LogP contribution is -2.09. The summed E-state index contributed by atoms with van der Waals surface area (Å²) in [5, 5.41) is 13.3. The molecule has 6 nitrogen and oxygen atoms in total. The smallest absolute Gasteiger partial charge is 0.244 e. The zero-order chi connectivity index (χ0) is 13.8. The van der Waals surface area contributed by atoms with Gasteiger partial charge in [0.15, 0.2) is 11.5 Å². The first-order chi connectivity index (χ1) is 9.15. The van der Waals surface area contributed by atoms with Crippen molar-refractivity contribution in [3.8, 4) is 35.2 Å². The predicted molar refractivity (Wildman–Crippen MR) is 68.3 cm³/mol. The first-order valence-corrected chi connectivity index (χ1v) is 5.55. The molecule has 0 aliphatic heterocycles. The molecule has 98 valence electrons. The molecule has 0 spiro atoms. The van der Waals surface area contributed by atoms with Crippen LogP contribution in [-0.2, 0) is 0 Å². The number of phenols is 1. The number of benzene rings is 1. The van der Waals surface area contributed by atoms with Gasteiger partial charge in [0.05, 0.1) is 13.2 Å². The Balaban J connectivity index is 2.30. The van der Waals surface area contributed by atoms with E-state index in [9.17, 15) is 5.11 Å². The van der Waals surface area contributed by atoms with Crippen molar-refractivity contribution >= 4 is 0 Å². The van der Waals surface area contributed by atoms with Crippen LogP contribution in [0.3, 0.4) is 0 Å². The van der Waals surface area contributed by atoms with Crippen molar-refractivity contribution in [2.75, 3.05) is 7.11 Å². The third-order valence-electron chi connectivity index (χ3n) is 2.53. The van der Waals surface area contributed by atoms with Crippen LogP contribution < -0.4 is 10.5 Å². The van der Waals surface area contributed by atoms with Crippen LogP contribution in [-0.4, -0.2) is 22.4 Å². The molecule has 2 aromatic rings. The second-order valence-electron chi connectivity index (χ2n) is 3.86. The molecule has 1 aromatic carbocycles. The molecule has 2 rings (SSSR count). The summed E-state index contributed by atoms with van der Waals surface area (Å²) >= 11 is 0. The van der Waals surface area contributed by atoms with E-state index in [1.165, 1.54) is 13.2 Å². The Kier molecular flexibility index (Phi) is 3.68. The Hall–Kier alpha value is -2.52. The predicted octanol–water partition coefficient (Wildman–Crippen LogP) is 1.47. The topological polar surface area (TPSA) is 94.4 Å². The van der Waals surface area contributed by atoms with Crippen LogP contribution in [0, 0.1) is 12.3 Å². The molecule has 1 heterocycles. The van der Waals surface area contributed by atoms with Crippen LogP contribution in [0.5, 0.6) is 11.5 Å². The number of terminal acetylenes is 1. The van der Waals surface area contributed by atoms with Crippen molar-refractivity contribution in [3.63, 3.8) is 0 Å². The van der Waals surface area contributed by atoms with Gasteiger partial charge in [-0.2, -0.15) is 4.98 Å². The van der Waals surface area contributed by atoms with E-state index in [2.05, 4.69) is 16.1 Å². The third-order valence-corrected chi connectivity index (χ3v) is 2.53. The zero-order valence-corrected chi connectivity index (χ0v) is 10.3. The van der Waals surface area contributed by atoms with Gasteiger partial charge in [0.1, 0.15) is 0 Å². The Bertz CT molecular complexity index is 616. The number of hydrogen-bond acceptors (Lipinski definition) is 6. The molecule has 0 fully saturated rings. The normalized spacial score (nSPS) is 11.8. The van der Waals surface area contributed by atoms with Gasteiger partial charge in [-0.3, -0.25) is 0 Å². The number of nitrogens with zero attached hydrogens (tertiary/aromatic N) is 2. The average molecular weight is 259 g/mol. The molecular weight excluding hydrogens is 246 g/mol. The van der Waals surface area contributed by atoms with Crippen molar-refractivity contribution < 1.29 is 14.4 Å². The standard InChI is InChI=1S/C13H13N3O3/c1-3-4-9(14)13-15-12(16-19-13)8-5-6-10(17)11(7-8)18-2/h1,5-7,9,17H,4,14H2,2H3. The van der Waals surface area contributed by atoms with Gasteiger partial charge in [-0.1, -0.05) is 5.16 Å². The van der Waals surface area contributed by atoms with Crippen molar-refractivity contribution in [1.29, 1.82) is 0 Å². The lowest BCUT2D eigenvalue weighted by atomic mass is 10.2. The summed E-state index contributed by atoms with van der Waals surface area (Å²) in [5.41, 5.74) is 6.42. The summed E-state index contributed by atoms with van der Waals surface area (Å²) in [6, 6.07) is 4.27.